The molecule has 1 aliphatic heterocycles. The van der Waals surface area contributed by atoms with Crippen molar-refractivity contribution in [2.45, 2.75) is 51.9 Å². The summed E-state index contributed by atoms with van der Waals surface area (Å²) < 4.78 is 12.9. The van der Waals surface area contributed by atoms with Crippen LogP contribution >= 0.6 is 15.9 Å². The zero-order valence-electron chi connectivity index (χ0n) is 12.5. The number of hydrogen-bond acceptors (Lipinski definition) is 3. The van der Waals surface area contributed by atoms with Crippen molar-refractivity contribution in [2.24, 2.45) is 0 Å². The molecule has 4 heteroatoms. The zero-order valence-corrected chi connectivity index (χ0v) is 14.1. The fraction of sp³-hybridized carbons (Fsp3) is 0.625. The summed E-state index contributed by atoms with van der Waals surface area (Å²) in [6, 6.07) is 6.13. The van der Waals surface area contributed by atoms with E-state index >= 15 is 0 Å². The summed E-state index contributed by atoms with van der Waals surface area (Å²) in [4.78, 5) is 0. The molecule has 0 saturated carbocycles. The largest absolute Gasteiger partial charge is 0.491 e. The summed E-state index contributed by atoms with van der Waals surface area (Å²) in [5.41, 5.74) is 1.22. The van der Waals surface area contributed by atoms with E-state index in [0.717, 1.165) is 36.2 Å². The van der Waals surface area contributed by atoms with Gasteiger partial charge in [0, 0.05) is 11.0 Å². The first kappa shape index (κ1) is 15.8. The molecule has 1 aliphatic rings. The first-order valence-corrected chi connectivity index (χ1v) is 8.09. The Bertz CT molecular complexity index is 448. The SMILES string of the molecule is CCNCc1cc(OCC2CCC(C)(C)O2)ccc1Br. The van der Waals surface area contributed by atoms with E-state index in [1.807, 2.05) is 12.1 Å². The average Bonchev–Trinajstić information content (AvgIpc) is 2.76. The molecule has 1 aromatic carbocycles. The summed E-state index contributed by atoms with van der Waals surface area (Å²) >= 11 is 3.57. The number of nitrogens with one attached hydrogen (secondary N) is 1. The van der Waals surface area contributed by atoms with Crippen LogP contribution < -0.4 is 10.1 Å². The molecule has 112 valence electrons. The highest BCUT2D eigenvalue weighted by atomic mass is 79.9. The Labute approximate surface area is 130 Å². The van der Waals surface area contributed by atoms with Gasteiger partial charge < -0.3 is 14.8 Å². The maximum Gasteiger partial charge on any atom is 0.119 e. The number of halogens is 1. The fourth-order valence-electron chi connectivity index (χ4n) is 2.42. The van der Waals surface area contributed by atoms with Crippen molar-refractivity contribution in [3.8, 4) is 5.75 Å². The number of hydrogen-bond donors (Lipinski definition) is 1. The van der Waals surface area contributed by atoms with Crippen LogP contribution in [-0.4, -0.2) is 24.9 Å². The molecule has 1 atom stereocenters. The normalized spacial score (nSPS) is 21.1. The molecule has 1 unspecified atom stereocenters. The Morgan fingerprint density at radius 3 is 2.90 bits per heavy atom. The highest BCUT2D eigenvalue weighted by molar-refractivity contribution is 9.10. The van der Waals surface area contributed by atoms with Gasteiger partial charge in [0.1, 0.15) is 12.4 Å². The van der Waals surface area contributed by atoms with Gasteiger partial charge in [-0.05, 0) is 57.0 Å². The van der Waals surface area contributed by atoms with Crippen LogP contribution in [0.25, 0.3) is 0 Å². The van der Waals surface area contributed by atoms with E-state index < -0.39 is 0 Å². The van der Waals surface area contributed by atoms with E-state index in [-0.39, 0.29) is 11.7 Å². The monoisotopic (exact) mass is 341 g/mol. The lowest BCUT2D eigenvalue weighted by Crippen LogP contribution is -2.23. The Morgan fingerprint density at radius 1 is 1.45 bits per heavy atom. The van der Waals surface area contributed by atoms with E-state index in [9.17, 15) is 0 Å². The minimum absolute atomic E-state index is 0.00392. The van der Waals surface area contributed by atoms with Crippen LogP contribution in [0.4, 0.5) is 0 Å². The van der Waals surface area contributed by atoms with Gasteiger partial charge in [0.25, 0.3) is 0 Å². The van der Waals surface area contributed by atoms with E-state index in [0.29, 0.717) is 6.61 Å². The zero-order chi connectivity index (χ0) is 14.6. The molecule has 0 amide bonds. The third-order valence-corrected chi connectivity index (χ3v) is 4.35. The molecule has 0 bridgehead atoms. The third-order valence-electron chi connectivity index (χ3n) is 3.57. The van der Waals surface area contributed by atoms with Crippen molar-refractivity contribution < 1.29 is 9.47 Å². The molecule has 3 nitrogen and oxygen atoms in total. The Balaban J connectivity index is 1.90. The molecule has 1 saturated heterocycles. The highest BCUT2D eigenvalue weighted by Gasteiger charge is 2.31. The van der Waals surface area contributed by atoms with Crippen LogP contribution in [-0.2, 0) is 11.3 Å². The number of rotatable bonds is 6. The molecule has 0 radical (unpaired) electrons. The van der Waals surface area contributed by atoms with E-state index in [1.165, 1.54) is 5.56 Å². The molecule has 0 aliphatic carbocycles. The first-order chi connectivity index (χ1) is 9.50. The molecule has 20 heavy (non-hydrogen) atoms. The second kappa shape index (κ2) is 6.92. The molecular formula is C16H24BrNO2. The quantitative estimate of drug-likeness (QED) is 0.851. The highest BCUT2D eigenvalue weighted by Crippen LogP contribution is 2.30. The van der Waals surface area contributed by atoms with E-state index in [2.05, 4.69) is 48.1 Å². The van der Waals surface area contributed by atoms with Crippen molar-refractivity contribution in [3.63, 3.8) is 0 Å². The van der Waals surface area contributed by atoms with Crippen molar-refractivity contribution in [3.05, 3.63) is 28.2 Å². The predicted molar refractivity (Wildman–Crippen MR) is 85.2 cm³/mol. The molecule has 1 aromatic rings. The summed E-state index contributed by atoms with van der Waals surface area (Å²) in [6.45, 7) is 8.82. The van der Waals surface area contributed by atoms with E-state index in [1.54, 1.807) is 0 Å². The predicted octanol–water partition coefficient (Wildman–Crippen LogP) is 3.90. The minimum Gasteiger partial charge on any atom is -0.491 e. The summed E-state index contributed by atoms with van der Waals surface area (Å²) in [6.07, 6.45) is 2.40. The van der Waals surface area contributed by atoms with Gasteiger partial charge in [-0.25, -0.2) is 0 Å². The van der Waals surface area contributed by atoms with Crippen LogP contribution in [0, 0.1) is 0 Å². The van der Waals surface area contributed by atoms with Gasteiger partial charge in [-0.2, -0.15) is 0 Å². The lowest BCUT2D eigenvalue weighted by molar-refractivity contribution is -0.0326. The molecular weight excluding hydrogens is 318 g/mol. The van der Waals surface area contributed by atoms with Crippen LogP contribution in [0.3, 0.4) is 0 Å². The molecule has 1 fully saturated rings. The van der Waals surface area contributed by atoms with Gasteiger partial charge in [0.2, 0.25) is 0 Å². The summed E-state index contributed by atoms with van der Waals surface area (Å²) in [5, 5.41) is 3.33. The van der Waals surface area contributed by atoms with Gasteiger partial charge in [-0.1, -0.05) is 22.9 Å². The van der Waals surface area contributed by atoms with Gasteiger partial charge in [-0.3, -0.25) is 0 Å². The maximum atomic E-state index is 5.94. The Hall–Kier alpha value is -0.580. The van der Waals surface area contributed by atoms with Crippen LogP contribution in [0.5, 0.6) is 5.75 Å². The lowest BCUT2D eigenvalue weighted by atomic mass is 10.1. The van der Waals surface area contributed by atoms with Crippen molar-refractivity contribution in [1.82, 2.24) is 5.32 Å². The second-order valence-corrected chi connectivity index (χ2v) is 6.74. The van der Waals surface area contributed by atoms with Crippen LogP contribution in [0.2, 0.25) is 0 Å². The Kier molecular flexibility index (Phi) is 5.47. The maximum absolute atomic E-state index is 5.94. The van der Waals surface area contributed by atoms with Gasteiger partial charge in [0.15, 0.2) is 0 Å². The van der Waals surface area contributed by atoms with E-state index in [4.69, 9.17) is 9.47 Å². The van der Waals surface area contributed by atoms with Gasteiger partial charge in [-0.15, -0.1) is 0 Å². The van der Waals surface area contributed by atoms with Gasteiger partial charge >= 0.3 is 0 Å². The standard InChI is InChI=1S/C16H24BrNO2/c1-4-18-10-12-9-13(5-6-15(12)17)19-11-14-7-8-16(2,3)20-14/h5-6,9,14,18H,4,7-8,10-11H2,1-3H3. The lowest BCUT2D eigenvalue weighted by Gasteiger charge is -2.19. The van der Waals surface area contributed by atoms with Crippen molar-refractivity contribution >= 4 is 15.9 Å². The van der Waals surface area contributed by atoms with Gasteiger partial charge in [0.05, 0.1) is 11.7 Å². The number of ether oxygens (including phenoxy) is 2. The fourth-order valence-corrected chi connectivity index (χ4v) is 2.81. The Morgan fingerprint density at radius 2 is 2.25 bits per heavy atom. The number of benzene rings is 1. The molecule has 1 heterocycles. The summed E-state index contributed by atoms with van der Waals surface area (Å²) in [5.74, 6) is 0.911. The van der Waals surface area contributed by atoms with Crippen molar-refractivity contribution in [2.75, 3.05) is 13.2 Å². The van der Waals surface area contributed by atoms with Crippen LogP contribution in [0.15, 0.2) is 22.7 Å². The third kappa shape index (κ3) is 4.47. The first-order valence-electron chi connectivity index (χ1n) is 7.30. The van der Waals surface area contributed by atoms with Crippen LogP contribution in [0.1, 0.15) is 39.2 Å². The smallest absolute Gasteiger partial charge is 0.119 e. The molecule has 0 aromatic heterocycles. The minimum atomic E-state index is 0.00392. The molecule has 0 spiro atoms. The topological polar surface area (TPSA) is 30.5 Å². The van der Waals surface area contributed by atoms with Crippen molar-refractivity contribution in [1.29, 1.82) is 0 Å². The molecule has 1 N–H and O–H groups in total. The summed E-state index contributed by atoms with van der Waals surface area (Å²) in [7, 11) is 0. The second-order valence-electron chi connectivity index (χ2n) is 5.88. The molecule has 2 rings (SSSR count). The average molecular weight is 342 g/mol.